The van der Waals surface area contributed by atoms with Gasteiger partial charge < -0.3 is 4.74 Å². The maximum Gasteiger partial charge on any atom is 0.414 e. The minimum Gasteiger partial charge on any atom is -0.447 e. The van der Waals surface area contributed by atoms with E-state index in [0.29, 0.717) is 0 Å². The zero-order chi connectivity index (χ0) is 8.97. The van der Waals surface area contributed by atoms with Crippen molar-refractivity contribution >= 4 is 12.0 Å². The number of hydrogen-bond donors (Lipinski definition) is 2. The summed E-state index contributed by atoms with van der Waals surface area (Å²) in [6.45, 7) is 3.53. The van der Waals surface area contributed by atoms with Crippen LogP contribution in [-0.2, 0) is 4.74 Å². The Morgan fingerprint density at radius 2 is 2.50 bits per heavy atom. The fourth-order valence-corrected chi connectivity index (χ4v) is 0.606. The molecule has 0 aliphatic carbocycles. The monoisotopic (exact) mass is 170 g/mol. The van der Waals surface area contributed by atoms with Gasteiger partial charge in [-0.15, -0.1) is 0 Å². The van der Waals surface area contributed by atoms with E-state index in [0.717, 1.165) is 0 Å². The number of rotatable bonds is 2. The second-order valence-electron chi connectivity index (χ2n) is 2.41. The van der Waals surface area contributed by atoms with E-state index in [1.54, 1.807) is 13.8 Å². The molecule has 1 aromatic heterocycles. The Bertz CT molecular complexity index is 244. The van der Waals surface area contributed by atoms with Gasteiger partial charge in [0.2, 0.25) is 5.95 Å². The van der Waals surface area contributed by atoms with Gasteiger partial charge in [0.25, 0.3) is 0 Å². The summed E-state index contributed by atoms with van der Waals surface area (Å²) in [6.07, 6.45) is 0.611. The first-order valence-electron chi connectivity index (χ1n) is 3.51. The first kappa shape index (κ1) is 8.51. The maximum absolute atomic E-state index is 10.9. The Labute approximate surface area is 69.3 Å². The third-order valence-corrected chi connectivity index (χ3v) is 0.978. The van der Waals surface area contributed by atoms with Crippen molar-refractivity contribution in [3.63, 3.8) is 0 Å². The van der Waals surface area contributed by atoms with Crippen molar-refractivity contribution in [2.45, 2.75) is 20.0 Å². The highest BCUT2D eigenvalue weighted by Gasteiger charge is 2.05. The van der Waals surface area contributed by atoms with E-state index >= 15 is 0 Å². The average molecular weight is 170 g/mol. The van der Waals surface area contributed by atoms with Crippen molar-refractivity contribution in [1.29, 1.82) is 0 Å². The lowest BCUT2D eigenvalue weighted by molar-refractivity contribution is 0.129. The van der Waals surface area contributed by atoms with E-state index in [2.05, 4.69) is 20.5 Å². The van der Waals surface area contributed by atoms with Gasteiger partial charge in [0.05, 0.1) is 6.10 Å². The molecule has 1 rings (SSSR count). The predicted octanol–water partition coefficient (Wildman–Crippen LogP) is 0.762. The standard InChI is InChI=1S/C6H10N4O2/c1-4(2)12-6(11)9-5-7-3-8-10-5/h3-4H,1-2H3,(H2,7,8,9,10,11). The SMILES string of the molecule is CC(C)OC(=O)Nc1ncn[nH]1. The molecule has 6 nitrogen and oxygen atoms in total. The van der Waals surface area contributed by atoms with Gasteiger partial charge in [-0.05, 0) is 13.8 Å². The second-order valence-corrected chi connectivity index (χ2v) is 2.41. The van der Waals surface area contributed by atoms with Crippen molar-refractivity contribution in [3.05, 3.63) is 6.33 Å². The Morgan fingerprint density at radius 3 is 3.00 bits per heavy atom. The van der Waals surface area contributed by atoms with Crippen LogP contribution in [0, 0.1) is 0 Å². The molecule has 0 radical (unpaired) electrons. The number of aromatic amines is 1. The molecule has 0 spiro atoms. The topological polar surface area (TPSA) is 79.9 Å². The van der Waals surface area contributed by atoms with Crippen LogP contribution in [0.15, 0.2) is 6.33 Å². The van der Waals surface area contributed by atoms with Crippen molar-refractivity contribution in [1.82, 2.24) is 15.2 Å². The summed E-state index contributed by atoms with van der Waals surface area (Å²) in [4.78, 5) is 14.6. The summed E-state index contributed by atoms with van der Waals surface area (Å²) < 4.78 is 4.79. The van der Waals surface area contributed by atoms with Crippen LogP contribution in [0.2, 0.25) is 0 Å². The van der Waals surface area contributed by atoms with E-state index in [-0.39, 0.29) is 12.1 Å². The Hall–Kier alpha value is -1.59. The summed E-state index contributed by atoms with van der Waals surface area (Å²) in [5.41, 5.74) is 0. The minimum absolute atomic E-state index is 0.145. The van der Waals surface area contributed by atoms with E-state index in [4.69, 9.17) is 4.74 Å². The summed E-state index contributed by atoms with van der Waals surface area (Å²) >= 11 is 0. The third kappa shape index (κ3) is 2.57. The van der Waals surface area contributed by atoms with Crippen LogP contribution in [0.4, 0.5) is 10.7 Å². The van der Waals surface area contributed by atoms with Crippen LogP contribution in [0.25, 0.3) is 0 Å². The molecule has 0 bridgehead atoms. The number of aromatic nitrogens is 3. The second kappa shape index (κ2) is 3.70. The molecule has 2 N–H and O–H groups in total. The van der Waals surface area contributed by atoms with Gasteiger partial charge >= 0.3 is 6.09 Å². The van der Waals surface area contributed by atoms with Crippen LogP contribution in [-0.4, -0.2) is 27.4 Å². The molecule has 0 aliphatic heterocycles. The van der Waals surface area contributed by atoms with Crippen LogP contribution >= 0.6 is 0 Å². The van der Waals surface area contributed by atoms with Crippen LogP contribution in [0.5, 0.6) is 0 Å². The van der Waals surface area contributed by atoms with Gasteiger partial charge in [0.15, 0.2) is 0 Å². The van der Waals surface area contributed by atoms with Crippen LogP contribution < -0.4 is 5.32 Å². The smallest absolute Gasteiger partial charge is 0.414 e. The zero-order valence-electron chi connectivity index (χ0n) is 6.87. The molecule has 0 unspecified atom stereocenters. The molecule has 6 heteroatoms. The molecule has 0 saturated carbocycles. The molecule has 1 heterocycles. The fraction of sp³-hybridized carbons (Fsp3) is 0.500. The number of carbonyl (C=O) groups excluding carboxylic acids is 1. The zero-order valence-corrected chi connectivity index (χ0v) is 6.87. The van der Waals surface area contributed by atoms with Crippen molar-refractivity contribution < 1.29 is 9.53 Å². The van der Waals surface area contributed by atoms with Crippen molar-refractivity contribution in [2.75, 3.05) is 5.32 Å². The number of nitrogens with one attached hydrogen (secondary N) is 2. The highest BCUT2D eigenvalue weighted by molar-refractivity contribution is 5.82. The number of nitrogens with zero attached hydrogens (tertiary/aromatic N) is 2. The summed E-state index contributed by atoms with van der Waals surface area (Å²) in [7, 11) is 0. The number of hydrogen-bond acceptors (Lipinski definition) is 4. The molecule has 0 aliphatic rings. The highest BCUT2D eigenvalue weighted by atomic mass is 16.6. The molecule has 1 aromatic rings. The number of ether oxygens (including phenoxy) is 1. The lowest BCUT2D eigenvalue weighted by atomic mass is 10.5. The minimum atomic E-state index is -0.540. The molecule has 0 fully saturated rings. The number of H-pyrrole nitrogens is 1. The van der Waals surface area contributed by atoms with Gasteiger partial charge in [-0.2, -0.15) is 10.1 Å². The summed E-state index contributed by atoms with van der Waals surface area (Å²) in [5, 5.41) is 8.38. The van der Waals surface area contributed by atoms with Gasteiger partial charge in [-0.25, -0.2) is 9.89 Å². The largest absolute Gasteiger partial charge is 0.447 e. The Balaban J connectivity index is 2.37. The van der Waals surface area contributed by atoms with Gasteiger partial charge in [-0.3, -0.25) is 5.32 Å². The first-order valence-corrected chi connectivity index (χ1v) is 3.51. The van der Waals surface area contributed by atoms with Gasteiger partial charge in [0.1, 0.15) is 6.33 Å². The highest BCUT2D eigenvalue weighted by Crippen LogP contribution is 1.96. The van der Waals surface area contributed by atoms with Gasteiger partial charge in [0, 0.05) is 0 Å². The molecular formula is C6H10N4O2. The molecule has 0 atom stereocenters. The molecular weight excluding hydrogens is 160 g/mol. The van der Waals surface area contributed by atoms with E-state index < -0.39 is 6.09 Å². The lowest BCUT2D eigenvalue weighted by Gasteiger charge is -2.06. The average Bonchev–Trinajstić information content (AvgIpc) is 2.37. The van der Waals surface area contributed by atoms with Crippen LogP contribution in [0.3, 0.4) is 0 Å². The Morgan fingerprint density at radius 1 is 1.75 bits per heavy atom. The lowest BCUT2D eigenvalue weighted by Crippen LogP contribution is -2.18. The summed E-state index contributed by atoms with van der Waals surface area (Å²) in [5.74, 6) is 0.278. The van der Waals surface area contributed by atoms with Crippen LogP contribution in [0.1, 0.15) is 13.8 Å². The van der Waals surface area contributed by atoms with E-state index in [1.165, 1.54) is 6.33 Å². The molecule has 0 saturated heterocycles. The quantitative estimate of drug-likeness (QED) is 0.686. The molecule has 12 heavy (non-hydrogen) atoms. The van der Waals surface area contributed by atoms with E-state index in [1.807, 2.05) is 0 Å². The number of anilines is 1. The molecule has 1 amide bonds. The number of amides is 1. The van der Waals surface area contributed by atoms with Crippen molar-refractivity contribution in [2.24, 2.45) is 0 Å². The molecule has 0 aromatic carbocycles. The van der Waals surface area contributed by atoms with Crippen molar-refractivity contribution in [3.8, 4) is 0 Å². The van der Waals surface area contributed by atoms with E-state index in [9.17, 15) is 4.79 Å². The fourth-order valence-electron chi connectivity index (χ4n) is 0.606. The normalized spacial score (nSPS) is 9.92. The molecule has 66 valence electrons. The predicted molar refractivity (Wildman–Crippen MR) is 41.6 cm³/mol. The first-order chi connectivity index (χ1) is 5.68. The maximum atomic E-state index is 10.9. The Kier molecular flexibility index (Phi) is 2.62. The third-order valence-electron chi connectivity index (χ3n) is 0.978. The van der Waals surface area contributed by atoms with Gasteiger partial charge in [-0.1, -0.05) is 0 Å². The summed E-state index contributed by atoms with van der Waals surface area (Å²) in [6, 6.07) is 0. The number of carbonyl (C=O) groups is 1.